The normalized spacial score (nSPS) is 16.8. The average molecular weight is 363 g/mol. The Morgan fingerprint density at radius 2 is 2.36 bits per heavy atom. The highest BCUT2D eigenvalue weighted by atomic mass is 32.2. The second-order valence-corrected chi connectivity index (χ2v) is 6.44. The van der Waals surface area contributed by atoms with E-state index in [-0.39, 0.29) is 17.8 Å². The lowest BCUT2D eigenvalue weighted by molar-refractivity contribution is -0.119. The van der Waals surface area contributed by atoms with Gasteiger partial charge in [0.2, 0.25) is 11.1 Å². The molecule has 25 heavy (non-hydrogen) atoms. The summed E-state index contributed by atoms with van der Waals surface area (Å²) in [6, 6.07) is 7.53. The number of rotatable bonds is 8. The molecule has 1 amide bonds. The summed E-state index contributed by atoms with van der Waals surface area (Å²) in [5.41, 5.74) is 0.747. The van der Waals surface area contributed by atoms with Gasteiger partial charge in [0, 0.05) is 13.2 Å². The minimum absolute atomic E-state index is 0.0619. The fourth-order valence-electron chi connectivity index (χ4n) is 2.54. The van der Waals surface area contributed by atoms with Gasteiger partial charge in [-0.15, -0.1) is 5.10 Å². The van der Waals surface area contributed by atoms with Crippen molar-refractivity contribution in [3.05, 3.63) is 24.3 Å². The summed E-state index contributed by atoms with van der Waals surface area (Å²) in [5, 5.41) is 15.2. The smallest absolute Gasteiger partial charge is 0.230 e. The van der Waals surface area contributed by atoms with Crippen molar-refractivity contribution >= 4 is 17.7 Å². The fourth-order valence-corrected chi connectivity index (χ4v) is 3.26. The first kappa shape index (κ1) is 17.7. The number of nitrogens with zero attached hydrogens (tertiary/aromatic N) is 4. The third kappa shape index (κ3) is 4.70. The zero-order chi connectivity index (χ0) is 17.5. The molecule has 1 saturated heterocycles. The van der Waals surface area contributed by atoms with Crippen LogP contribution in [0.2, 0.25) is 0 Å². The van der Waals surface area contributed by atoms with Crippen molar-refractivity contribution < 1.29 is 14.3 Å². The lowest BCUT2D eigenvalue weighted by Crippen LogP contribution is -2.32. The van der Waals surface area contributed by atoms with E-state index in [1.807, 2.05) is 31.2 Å². The van der Waals surface area contributed by atoms with E-state index >= 15 is 0 Å². The topological polar surface area (TPSA) is 91.2 Å². The van der Waals surface area contributed by atoms with Crippen LogP contribution in [0.15, 0.2) is 29.4 Å². The summed E-state index contributed by atoms with van der Waals surface area (Å²) in [4.78, 5) is 12.0. The maximum atomic E-state index is 12.0. The Kier molecular flexibility index (Phi) is 6.24. The van der Waals surface area contributed by atoms with Gasteiger partial charge in [0.1, 0.15) is 11.4 Å². The molecule has 1 aromatic carbocycles. The number of para-hydroxylation sites is 2. The van der Waals surface area contributed by atoms with Crippen LogP contribution in [0.4, 0.5) is 0 Å². The number of aromatic nitrogens is 4. The van der Waals surface area contributed by atoms with E-state index in [1.165, 1.54) is 11.8 Å². The van der Waals surface area contributed by atoms with Gasteiger partial charge in [-0.25, -0.2) is 0 Å². The molecule has 0 radical (unpaired) electrons. The minimum atomic E-state index is -0.0619. The monoisotopic (exact) mass is 363 g/mol. The Morgan fingerprint density at radius 3 is 3.16 bits per heavy atom. The van der Waals surface area contributed by atoms with Gasteiger partial charge in [0.15, 0.2) is 0 Å². The second-order valence-electron chi connectivity index (χ2n) is 5.50. The first-order chi connectivity index (χ1) is 12.3. The molecule has 2 aromatic rings. The van der Waals surface area contributed by atoms with Crippen LogP contribution in [0.5, 0.6) is 5.75 Å². The summed E-state index contributed by atoms with van der Waals surface area (Å²) >= 11 is 1.28. The standard InChI is InChI=1S/C16H21N5O3S/c1-2-23-14-8-4-3-7-13(14)21-16(18-19-20-21)25-11-15(22)17-10-12-6-5-9-24-12/h3-4,7-8,12H,2,5-6,9-11H2,1H3,(H,17,22)/t12-/m0/s1. The highest BCUT2D eigenvalue weighted by molar-refractivity contribution is 7.99. The zero-order valence-electron chi connectivity index (χ0n) is 14.1. The second kappa shape index (κ2) is 8.82. The van der Waals surface area contributed by atoms with Crippen LogP contribution < -0.4 is 10.1 Å². The summed E-state index contributed by atoms with van der Waals surface area (Å²) in [6.45, 7) is 3.80. The molecule has 3 rings (SSSR count). The lowest BCUT2D eigenvalue weighted by atomic mass is 10.2. The lowest BCUT2D eigenvalue weighted by Gasteiger charge is -2.11. The van der Waals surface area contributed by atoms with Gasteiger partial charge in [0.05, 0.1) is 18.5 Å². The molecular weight excluding hydrogens is 342 g/mol. The number of carbonyl (C=O) groups excluding carboxylic acids is 1. The molecule has 0 bridgehead atoms. The van der Waals surface area contributed by atoms with Crippen molar-refractivity contribution in [3.63, 3.8) is 0 Å². The molecule has 9 heteroatoms. The minimum Gasteiger partial charge on any atom is -0.492 e. The van der Waals surface area contributed by atoms with Crippen molar-refractivity contribution in [2.24, 2.45) is 0 Å². The van der Waals surface area contributed by atoms with Gasteiger partial charge >= 0.3 is 0 Å². The van der Waals surface area contributed by atoms with Crippen LogP contribution >= 0.6 is 11.8 Å². The Morgan fingerprint density at radius 1 is 1.48 bits per heavy atom. The summed E-state index contributed by atoms with van der Waals surface area (Å²) in [7, 11) is 0. The Bertz CT molecular complexity index is 703. The van der Waals surface area contributed by atoms with Gasteiger partial charge in [-0.2, -0.15) is 4.68 Å². The number of tetrazole rings is 1. The van der Waals surface area contributed by atoms with Crippen LogP contribution in [-0.4, -0.2) is 57.7 Å². The van der Waals surface area contributed by atoms with Crippen molar-refractivity contribution in [2.45, 2.75) is 31.0 Å². The van der Waals surface area contributed by atoms with Gasteiger partial charge in [-0.3, -0.25) is 4.79 Å². The zero-order valence-corrected chi connectivity index (χ0v) is 14.9. The van der Waals surface area contributed by atoms with E-state index in [9.17, 15) is 4.79 Å². The Balaban J connectivity index is 1.59. The van der Waals surface area contributed by atoms with Crippen molar-refractivity contribution in [1.29, 1.82) is 0 Å². The number of hydrogen-bond acceptors (Lipinski definition) is 7. The molecule has 0 unspecified atom stereocenters. The molecule has 0 aliphatic carbocycles. The van der Waals surface area contributed by atoms with E-state index in [2.05, 4.69) is 20.8 Å². The molecule has 0 saturated carbocycles. The van der Waals surface area contributed by atoms with Crippen LogP contribution in [0.1, 0.15) is 19.8 Å². The summed E-state index contributed by atoms with van der Waals surface area (Å²) in [5.74, 6) is 0.874. The molecule has 2 heterocycles. The number of amides is 1. The fraction of sp³-hybridized carbons (Fsp3) is 0.500. The first-order valence-electron chi connectivity index (χ1n) is 8.29. The first-order valence-corrected chi connectivity index (χ1v) is 9.28. The third-order valence-corrected chi connectivity index (χ3v) is 4.64. The molecular formula is C16H21N5O3S. The highest BCUT2D eigenvalue weighted by Crippen LogP contribution is 2.25. The molecule has 0 spiro atoms. The highest BCUT2D eigenvalue weighted by Gasteiger charge is 2.18. The Labute approximate surface area is 150 Å². The average Bonchev–Trinajstić information content (AvgIpc) is 3.30. The van der Waals surface area contributed by atoms with Gasteiger partial charge in [-0.1, -0.05) is 23.9 Å². The van der Waals surface area contributed by atoms with Crippen molar-refractivity contribution in [3.8, 4) is 11.4 Å². The SMILES string of the molecule is CCOc1ccccc1-n1nnnc1SCC(=O)NC[C@@H]1CCCO1. The number of nitrogens with one attached hydrogen (secondary N) is 1. The quantitative estimate of drug-likeness (QED) is 0.710. The van der Waals surface area contributed by atoms with E-state index in [4.69, 9.17) is 9.47 Å². The largest absolute Gasteiger partial charge is 0.492 e. The van der Waals surface area contributed by atoms with E-state index < -0.39 is 0 Å². The predicted octanol–water partition coefficient (Wildman–Crippen LogP) is 1.45. The Hall–Kier alpha value is -2.13. The number of benzene rings is 1. The molecule has 1 fully saturated rings. The number of ether oxygens (including phenoxy) is 2. The van der Waals surface area contributed by atoms with Gasteiger partial charge in [-0.05, 0) is 42.3 Å². The molecule has 1 aliphatic rings. The van der Waals surface area contributed by atoms with E-state index in [0.29, 0.717) is 24.1 Å². The van der Waals surface area contributed by atoms with Crippen LogP contribution in [0, 0.1) is 0 Å². The maximum Gasteiger partial charge on any atom is 0.230 e. The third-order valence-electron chi connectivity index (χ3n) is 3.72. The van der Waals surface area contributed by atoms with Crippen LogP contribution in [0.25, 0.3) is 5.69 Å². The summed E-state index contributed by atoms with van der Waals surface area (Å²) in [6.07, 6.45) is 2.20. The molecule has 8 nitrogen and oxygen atoms in total. The number of hydrogen-bond donors (Lipinski definition) is 1. The van der Waals surface area contributed by atoms with E-state index in [0.717, 1.165) is 25.1 Å². The molecule has 1 atom stereocenters. The molecule has 1 aromatic heterocycles. The molecule has 1 aliphatic heterocycles. The van der Waals surface area contributed by atoms with Crippen molar-refractivity contribution in [1.82, 2.24) is 25.5 Å². The van der Waals surface area contributed by atoms with Gasteiger partial charge < -0.3 is 14.8 Å². The number of thioether (sulfide) groups is 1. The van der Waals surface area contributed by atoms with Crippen LogP contribution in [-0.2, 0) is 9.53 Å². The molecule has 134 valence electrons. The van der Waals surface area contributed by atoms with E-state index in [1.54, 1.807) is 4.68 Å². The summed E-state index contributed by atoms with van der Waals surface area (Å²) < 4.78 is 12.7. The number of carbonyl (C=O) groups is 1. The van der Waals surface area contributed by atoms with Crippen molar-refractivity contribution in [2.75, 3.05) is 25.5 Å². The predicted molar refractivity (Wildman–Crippen MR) is 93.0 cm³/mol. The van der Waals surface area contributed by atoms with Crippen LogP contribution in [0.3, 0.4) is 0 Å². The van der Waals surface area contributed by atoms with Gasteiger partial charge in [0.25, 0.3) is 0 Å². The maximum absolute atomic E-state index is 12.0. The molecule has 1 N–H and O–H groups in total.